The maximum atomic E-state index is 11.3. The first kappa shape index (κ1) is 24.0. The molecule has 1 aliphatic carbocycles. The van der Waals surface area contributed by atoms with Crippen molar-refractivity contribution in [3.05, 3.63) is 53.9 Å². The van der Waals surface area contributed by atoms with Crippen LogP contribution in [0.5, 0.6) is 11.5 Å². The van der Waals surface area contributed by atoms with Gasteiger partial charge in [-0.3, -0.25) is 14.7 Å². The molecule has 0 radical (unpaired) electrons. The number of amides is 1. The lowest BCUT2D eigenvalue weighted by molar-refractivity contribution is -0.119. The van der Waals surface area contributed by atoms with Gasteiger partial charge in [0.15, 0.2) is 6.61 Å². The van der Waals surface area contributed by atoms with Crippen LogP contribution in [-0.2, 0) is 16.8 Å². The second-order valence-corrected chi connectivity index (χ2v) is 9.58. The number of aromatic nitrogens is 1. The van der Waals surface area contributed by atoms with Crippen LogP contribution in [-0.4, -0.2) is 52.8 Å². The predicted octanol–water partition coefficient (Wildman–Crippen LogP) is 3.04. The number of carbonyl (C=O) groups excluding carboxylic acids is 1. The molecule has 1 amide bonds. The van der Waals surface area contributed by atoms with Crippen LogP contribution in [0.2, 0.25) is 0 Å². The van der Waals surface area contributed by atoms with E-state index in [1.807, 2.05) is 31.3 Å². The number of benzene rings is 1. The van der Waals surface area contributed by atoms with E-state index in [4.69, 9.17) is 15.2 Å². The average Bonchev–Trinajstić information content (AvgIpc) is 2.74. The van der Waals surface area contributed by atoms with Crippen LogP contribution < -0.4 is 15.2 Å². The molecule has 7 heteroatoms. The average molecular weight is 442 g/mol. The number of carbonyl (C=O) groups is 1. The number of aliphatic hydroxyl groups excluding tert-OH is 1. The van der Waals surface area contributed by atoms with Crippen molar-refractivity contribution in [1.82, 2.24) is 9.88 Å². The highest BCUT2D eigenvalue weighted by atomic mass is 16.5. The molecule has 1 saturated carbocycles. The molecule has 7 nitrogen and oxygen atoms in total. The summed E-state index contributed by atoms with van der Waals surface area (Å²) >= 11 is 0. The molecule has 0 spiro atoms. The summed E-state index contributed by atoms with van der Waals surface area (Å²) in [6.45, 7) is 6.80. The fourth-order valence-electron chi connectivity index (χ4n) is 4.14. The Morgan fingerprint density at radius 3 is 2.72 bits per heavy atom. The first-order valence-electron chi connectivity index (χ1n) is 11.1. The molecule has 1 heterocycles. The molecule has 3 N–H and O–H groups in total. The van der Waals surface area contributed by atoms with Crippen molar-refractivity contribution in [3.63, 3.8) is 0 Å². The lowest BCUT2D eigenvalue weighted by Crippen LogP contribution is -2.51. The number of rotatable bonds is 8. The van der Waals surface area contributed by atoms with E-state index in [9.17, 15) is 9.90 Å². The van der Waals surface area contributed by atoms with Gasteiger partial charge in [-0.05, 0) is 55.5 Å². The van der Waals surface area contributed by atoms with Gasteiger partial charge in [0, 0.05) is 24.3 Å². The molecule has 0 aliphatic heterocycles. The number of hydrogen-bond acceptors (Lipinski definition) is 6. The van der Waals surface area contributed by atoms with Crippen LogP contribution in [0, 0.1) is 0 Å². The molecule has 3 rings (SSSR count). The van der Waals surface area contributed by atoms with E-state index >= 15 is 0 Å². The molecule has 0 unspecified atom stereocenters. The minimum absolute atomic E-state index is 0.0499. The van der Waals surface area contributed by atoms with Crippen molar-refractivity contribution in [2.24, 2.45) is 5.73 Å². The van der Waals surface area contributed by atoms with E-state index in [0.717, 1.165) is 30.4 Å². The molecule has 3 atom stereocenters. The molecule has 2 aromatic rings. The molecule has 32 heavy (non-hydrogen) atoms. The number of nitrogens with two attached hydrogens (primary N) is 1. The minimum Gasteiger partial charge on any atom is -0.486 e. The Bertz CT molecular complexity index is 898. The zero-order valence-electron chi connectivity index (χ0n) is 19.5. The first-order chi connectivity index (χ1) is 15.1. The Morgan fingerprint density at radius 1 is 1.28 bits per heavy atom. The maximum Gasteiger partial charge on any atom is 0.255 e. The van der Waals surface area contributed by atoms with Crippen molar-refractivity contribution >= 4 is 5.91 Å². The van der Waals surface area contributed by atoms with Crippen molar-refractivity contribution in [3.8, 4) is 11.5 Å². The predicted molar refractivity (Wildman–Crippen MR) is 124 cm³/mol. The number of likely N-dealkylation sites (N-methyl/N-ethyl adjacent to an activating group) is 1. The van der Waals surface area contributed by atoms with Gasteiger partial charge < -0.3 is 20.3 Å². The van der Waals surface area contributed by atoms with E-state index in [-0.39, 0.29) is 24.2 Å². The van der Waals surface area contributed by atoms with Gasteiger partial charge in [-0.2, -0.15) is 0 Å². The van der Waals surface area contributed by atoms with E-state index in [1.165, 1.54) is 0 Å². The fourth-order valence-corrected chi connectivity index (χ4v) is 4.14. The first-order valence-corrected chi connectivity index (χ1v) is 11.1. The zero-order chi connectivity index (χ0) is 23.3. The summed E-state index contributed by atoms with van der Waals surface area (Å²) in [5, 5.41) is 11.1. The molecule has 174 valence electrons. The van der Waals surface area contributed by atoms with Crippen LogP contribution in [0.25, 0.3) is 0 Å². The summed E-state index contributed by atoms with van der Waals surface area (Å²) in [7, 11) is 2.00. The van der Waals surface area contributed by atoms with E-state index in [0.29, 0.717) is 18.0 Å². The third kappa shape index (κ3) is 6.20. The molecule has 1 aromatic carbocycles. The van der Waals surface area contributed by atoms with E-state index < -0.39 is 12.0 Å². The highest BCUT2D eigenvalue weighted by Crippen LogP contribution is 2.32. The molecule has 1 fully saturated rings. The highest BCUT2D eigenvalue weighted by molar-refractivity contribution is 5.75. The van der Waals surface area contributed by atoms with Gasteiger partial charge in [0.05, 0.1) is 6.20 Å². The van der Waals surface area contributed by atoms with Crippen LogP contribution in [0.15, 0.2) is 42.7 Å². The number of ether oxygens (including phenoxy) is 2. The zero-order valence-corrected chi connectivity index (χ0v) is 19.5. The number of primary amides is 1. The summed E-state index contributed by atoms with van der Waals surface area (Å²) in [6, 6.07) is 9.72. The van der Waals surface area contributed by atoms with Gasteiger partial charge in [0.25, 0.3) is 5.91 Å². The third-order valence-corrected chi connectivity index (χ3v) is 5.97. The van der Waals surface area contributed by atoms with Gasteiger partial charge >= 0.3 is 0 Å². The van der Waals surface area contributed by atoms with Crippen molar-refractivity contribution in [2.75, 3.05) is 13.7 Å². The van der Waals surface area contributed by atoms with Crippen molar-refractivity contribution in [2.45, 2.75) is 70.2 Å². The summed E-state index contributed by atoms with van der Waals surface area (Å²) in [5.41, 5.74) is 7.32. The lowest BCUT2D eigenvalue weighted by atomic mass is 9.86. The van der Waals surface area contributed by atoms with Crippen LogP contribution in [0.3, 0.4) is 0 Å². The third-order valence-electron chi connectivity index (χ3n) is 5.97. The van der Waals surface area contributed by atoms with Gasteiger partial charge in [0.2, 0.25) is 0 Å². The molecule has 0 bridgehead atoms. The Hall–Kier alpha value is -2.64. The summed E-state index contributed by atoms with van der Waals surface area (Å²) < 4.78 is 11.8. The molecule has 1 aliphatic rings. The quantitative estimate of drug-likeness (QED) is 0.653. The summed E-state index contributed by atoms with van der Waals surface area (Å²) in [4.78, 5) is 17.5. The van der Waals surface area contributed by atoms with Crippen molar-refractivity contribution < 1.29 is 19.4 Å². The second-order valence-electron chi connectivity index (χ2n) is 9.58. The normalized spacial score (nSPS) is 21.4. The van der Waals surface area contributed by atoms with Gasteiger partial charge in [0.1, 0.15) is 23.7 Å². The summed E-state index contributed by atoms with van der Waals surface area (Å²) in [5.74, 6) is 0.805. The lowest BCUT2D eigenvalue weighted by Gasteiger charge is -2.39. The van der Waals surface area contributed by atoms with Crippen LogP contribution in [0.1, 0.15) is 51.2 Å². The summed E-state index contributed by atoms with van der Waals surface area (Å²) in [6.07, 6.45) is 5.09. The number of nitrogens with zero attached hydrogens (tertiary/aromatic N) is 2. The number of pyridine rings is 1. The van der Waals surface area contributed by atoms with Crippen LogP contribution in [0.4, 0.5) is 0 Å². The monoisotopic (exact) mass is 441 g/mol. The van der Waals surface area contributed by atoms with E-state index in [2.05, 4.69) is 36.7 Å². The van der Waals surface area contributed by atoms with Crippen molar-refractivity contribution in [1.29, 1.82) is 0 Å². The number of hydrogen-bond donors (Lipinski definition) is 2. The van der Waals surface area contributed by atoms with Crippen LogP contribution >= 0.6 is 0 Å². The Morgan fingerprint density at radius 2 is 2.06 bits per heavy atom. The maximum absolute atomic E-state index is 11.3. The molecule has 1 aromatic heterocycles. The van der Waals surface area contributed by atoms with Gasteiger partial charge in [-0.15, -0.1) is 0 Å². The SMILES string of the molecule is CN(Cc1ccc(C(C)(C)C)cc1OCC(N)=O)[C@@H]1CCC[C@@H](Oc2cccnc2)[C@@H]1O. The smallest absolute Gasteiger partial charge is 0.255 e. The Kier molecular flexibility index (Phi) is 7.74. The topological polar surface area (TPSA) is 97.9 Å². The van der Waals surface area contributed by atoms with Gasteiger partial charge in [-0.25, -0.2) is 0 Å². The molecular weight excluding hydrogens is 406 g/mol. The highest BCUT2D eigenvalue weighted by Gasteiger charge is 2.36. The fraction of sp³-hybridized carbons (Fsp3) is 0.520. The Balaban J connectivity index is 1.74. The molecular formula is C25H35N3O4. The van der Waals surface area contributed by atoms with Gasteiger partial charge in [-0.1, -0.05) is 32.9 Å². The largest absolute Gasteiger partial charge is 0.486 e. The Labute approximate surface area is 190 Å². The van der Waals surface area contributed by atoms with E-state index in [1.54, 1.807) is 12.4 Å². The second kappa shape index (κ2) is 10.3. The minimum atomic E-state index is -0.627. The standard InChI is InChI=1S/C25H35N3O4/c1-25(2,3)18-11-10-17(22(13-18)31-16-23(26)29)15-28(4)20-8-5-9-21(24(20)30)32-19-7-6-12-27-14-19/h6-7,10-14,20-21,24,30H,5,8-9,15-16H2,1-4H3,(H2,26,29)/t20-,21-,24-/m1/s1. The molecule has 0 saturated heterocycles. The number of aliphatic hydroxyl groups is 1.